The second-order valence-electron chi connectivity index (χ2n) is 4.60. The molecule has 0 aliphatic rings. The molecule has 1 unspecified atom stereocenters. The number of aromatic nitrogens is 2. The Morgan fingerprint density at radius 1 is 1.15 bits per heavy atom. The highest BCUT2D eigenvalue weighted by Crippen LogP contribution is 2.26. The zero-order valence-electron chi connectivity index (χ0n) is 12.0. The molecule has 20 heavy (non-hydrogen) atoms. The van der Waals surface area contributed by atoms with Crippen molar-refractivity contribution in [3.05, 3.63) is 48.4 Å². The number of hydrogen-bond donors (Lipinski definition) is 1. The molecule has 1 atom stereocenters. The Hall–Kier alpha value is -1.39. The summed E-state index contributed by atoms with van der Waals surface area (Å²) >= 11 is 1.64. The van der Waals surface area contributed by atoms with Gasteiger partial charge in [0, 0.05) is 23.3 Å². The van der Waals surface area contributed by atoms with Gasteiger partial charge in [-0.15, -0.1) is 0 Å². The van der Waals surface area contributed by atoms with Gasteiger partial charge in [-0.2, -0.15) is 0 Å². The highest BCUT2D eigenvalue weighted by atomic mass is 32.2. The largest absolute Gasteiger partial charge is 0.309 e. The minimum atomic E-state index is 0.351. The van der Waals surface area contributed by atoms with Crippen LogP contribution < -0.4 is 5.32 Å². The number of nitrogens with one attached hydrogen (secondary N) is 1. The van der Waals surface area contributed by atoms with E-state index in [9.17, 15) is 0 Å². The Morgan fingerprint density at radius 2 is 2.05 bits per heavy atom. The Morgan fingerprint density at radius 3 is 2.65 bits per heavy atom. The first-order chi connectivity index (χ1) is 9.83. The normalized spacial score (nSPS) is 12.3. The van der Waals surface area contributed by atoms with Crippen molar-refractivity contribution < 1.29 is 0 Å². The molecule has 0 amide bonds. The van der Waals surface area contributed by atoms with Crippen LogP contribution in [0.1, 0.15) is 38.4 Å². The summed E-state index contributed by atoms with van der Waals surface area (Å²) in [4.78, 5) is 10.0. The van der Waals surface area contributed by atoms with Gasteiger partial charge in [0.1, 0.15) is 5.03 Å². The lowest BCUT2D eigenvalue weighted by Gasteiger charge is -2.16. The van der Waals surface area contributed by atoms with Gasteiger partial charge in [0.2, 0.25) is 0 Å². The molecule has 0 aliphatic heterocycles. The van der Waals surface area contributed by atoms with Crippen LogP contribution in [-0.2, 0) is 0 Å². The fourth-order valence-corrected chi connectivity index (χ4v) is 2.71. The van der Waals surface area contributed by atoms with Gasteiger partial charge in [0.25, 0.3) is 0 Å². The summed E-state index contributed by atoms with van der Waals surface area (Å²) < 4.78 is 0. The fraction of sp³-hybridized carbons (Fsp3) is 0.375. The number of nitrogens with zero attached hydrogens (tertiary/aromatic N) is 2. The highest BCUT2D eigenvalue weighted by molar-refractivity contribution is 7.99. The van der Waals surface area contributed by atoms with Gasteiger partial charge in [-0.05, 0) is 43.7 Å². The summed E-state index contributed by atoms with van der Waals surface area (Å²) in [5.41, 5.74) is 1.12. The Kier molecular flexibility index (Phi) is 6.02. The van der Waals surface area contributed by atoms with Crippen LogP contribution in [0, 0.1) is 0 Å². The fourth-order valence-electron chi connectivity index (χ4n) is 1.96. The number of rotatable bonds is 7. The monoisotopic (exact) mass is 287 g/mol. The summed E-state index contributed by atoms with van der Waals surface area (Å²) in [6.45, 7) is 5.40. The second-order valence-corrected chi connectivity index (χ2v) is 5.70. The smallest absolute Gasteiger partial charge is 0.101 e. The minimum Gasteiger partial charge on any atom is -0.309 e. The first-order valence-electron chi connectivity index (χ1n) is 7.11. The first-order valence-corrected chi connectivity index (χ1v) is 7.93. The molecule has 2 aromatic heterocycles. The van der Waals surface area contributed by atoms with Crippen LogP contribution in [0.3, 0.4) is 0 Å². The van der Waals surface area contributed by atoms with Crippen LogP contribution in [0.25, 0.3) is 0 Å². The third-order valence-electron chi connectivity index (χ3n) is 3.03. The van der Waals surface area contributed by atoms with E-state index >= 15 is 0 Å². The molecule has 0 aliphatic carbocycles. The zero-order chi connectivity index (χ0) is 14.2. The van der Waals surface area contributed by atoms with E-state index in [1.165, 1.54) is 0 Å². The molecular weight excluding hydrogens is 266 g/mol. The lowest BCUT2D eigenvalue weighted by Crippen LogP contribution is -2.22. The van der Waals surface area contributed by atoms with Gasteiger partial charge in [-0.25, -0.2) is 4.98 Å². The van der Waals surface area contributed by atoms with E-state index in [0.29, 0.717) is 6.04 Å². The van der Waals surface area contributed by atoms with E-state index in [0.717, 1.165) is 35.0 Å². The van der Waals surface area contributed by atoms with Crippen molar-refractivity contribution in [2.24, 2.45) is 0 Å². The van der Waals surface area contributed by atoms with Gasteiger partial charge in [0.15, 0.2) is 0 Å². The summed E-state index contributed by atoms with van der Waals surface area (Å²) in [5, 5.41) is 4.52. The molecule has 1 N–H and O–H groups in total. The minimum absolute atomic E-state index is 0.351. The van der Waals surface area contributed by atoms with Crippen LogP contribution in [0.4, 0.5) is 0 Å². The molecule has 2 rings (SSSR count). The first kappa shape index (κ1) is 15.0. The van der Waals surface area contributed by atoms with Crippen LogP contribution in [-0.4, -0.2) is 16.5 Å². The van der Waals surface area contributed by atoms with Crippen molar-refractivity contribution in [1.82, 2.24) is 15.3 Å². The van der Waals surface area contributed by atoms with Crippen molar-refractivity contribution in [3.8, 4) is 0 Å². The predicted molar refractivity (Wildman–Crippen MR) is 83.9 cm³/mol. The van der Waals surface area contributed by atoms with Crippen molar-refractivity contribution >= 4 is 11.8 Å². The van der Waals surface area contributed by atoms with Crippen molar-refractivity contribution in [3.63, 3.8) is 0 Å². The number of pyridine rings is 2. The van der Waals surface area contributed by atoms with Gasteiger partial charge in [-0.1, -0.05) is 31.7 Å². The molecule has 0 fully saturated rings. The molecule has 0 aromatic carbocycles. The van der Waals surface area contributed by atoms with E-state index in [-0.39, 0.29) is 0 Å². The molecule has 2 heterocycles. The summed E-state index contributed by atoms with van der Waals surface area (Å²) in [6.07, 6.45) is 5.95. The maximum Gasteiger partial charge on any atom is 0.101 e. The second kappa shape index (κ2) is 8.02. The average molecular weight is 287 g/mol. The van der Waals surface area contributed by atoms with Gasteiger partial charge >= 0.3 is 0 Å². The Balaban J connectivity index is 2.02. The molecule has 0 saturated carbocycles. The molecule has 0 radical (unpaired) electrons. The SMILES string of the molecule is CCCNC(CC)c1ccc(Sc2ccccn2)cn1. The third kappa shape index (κ3) is 4.32. The van der Waals surface area contributed by atoms with Crippen molar-refractivity contribution in [1.29, 1.82) is 0 Å². The van der Waals surface area contributed by atoms with E-state index in [1.54, 1.807) is 11.8 Å². The molecule has 4 heteroatoms. The van der Waals surface area contributed by atoms with E-state index < -0.39 is 0 Å². The van der Waals surface area contributed by atoms with Crippen LogP contribution in [0.5, 0.6) is 0 Å². The van der Waals surface area contributed by atoms with Crippen LogP contribution >= 0.6 is 11.8 Å². The zero-order valence-corrected chi connectivity index (χ0v) is 12.9. The molecule has 106 valence electrons. The predicted octanol–water partition coefficient (Wildman–Crippen LogP) is 4.08. The van der Waals surface area contributed by atoms with Crippen LogP contribution in [0.15, 0.2) is 52.6 Å². The van der Waals surface area contributed by atoms with Gasteiger partial charge in [0.05, 0.1) is 5.69 Å². The molecule has 0 saturated heterocycles. The maximum atomic E-state index is 4.59. The third-order valence-corrected chi connectivity index (χ3v) is 3.95. The molecular formula is C16H21N3S. The molecule has 0 bridgehead atoms. The summed E-state index contributed by atoms with van der Waals surface area (Å²) in [5.74, 6) is 0. The van der Waals surface area contributed by atoms with E-state index in [1.807, 2.05) is 30.6 Å². The average Bonchev–Trinajstić information content (AvgIpc) is 2.50. The lowest BCUT2D eigenvalue weighted by atomic mass is 10.1. The summed E-state index contributed by atoms with van der Waals surface area (Å²) in [6, 6.07) is 10.5. The Bertz CT molecular complexity index is 499. The van der Waals surface area contributed by atoms with Gasteiger partial charge in [-0.3, -0.25) is 4.98 Å². The standard InChI is InChI=1S/C16H21N3S/c1-3-10-17-14(4-2)15-9-8-13(12-19-15)20-16-7-5-6-11-18-16/h5-9,11-12,14,17H,3-4,10H2,1-2H3. The summed E-state index contributed by atoms with van der Waals surface area (Å²) in [7, 11) is 0. The van der Waals surface area contributed by atoms with Crippen molar-refractivity contribution in [2.75, 3.05) is 6.54 Å². The van der Waals surface area contributed by atoms with E-state index in [4.69, 9.17) is 0 Å². The lowest BCUT2D eigenvalue weighted by molar-refractivity contribution is 0.507. The van der Waals surface area contributed by atoms with Crippen LogP contribution in [0.2, 0.25) is 0 Å². The Labute approximate surface area is 125 Å². The highest BCUT2D eigenvalue weighted by Gasteiger charge is 2.09. The number of hydrogen-bond acceptors (Lipinski definition) is 4. The van der Waals surface area contributed by atoms with E-state index in [2.05, 4.69) is 41.3 Å². The molecule has 2 aromatic rings. The van der Waals surface area contributed by atoms with Crippen molar-refractivity contribution in [2.45, 2.75) is 42.7 Å². The topological polar surface area (TPSA) is 37.8 Å². The maximum absolute atomic E-state index is 4.59. The van der Waals surface area contributed by atoms with Gasteiger partial charge < -0.3 is 5.32 Å². The quantitative estimate of drug-likeness (QED) is 0.832. The molecule has 3 nitrogen and oxygen atoms in total. The molecule has 0 spiro atoms.